The van der Waals surface area contributed by atoms with E-state index in [1.54, 1.807) is 0 Å². The standard InChI is InChI=1S/C27H20NO.2C23H18NO.C19H16NO/c1-27(2)21-12-19-11-16-7-3-4-8-17(16)13-22(19)28-15-29-23-14-18-9-5-6-10-20(18)25(27)24(23)26(21)28;2*1-23(2)17-11-15-8-4-6-10-18(15)24-13-25-19-12-14-7-3-5-9-16(14)21(23)20(19)22(17)24;1-19(2)14-8-5-9-20-11-21-15-10-12-6-3-4-7-13(12)17(19)16(15)18(14)20/h3-14H,15H2,1-2H3;2*3-12H,13H2,1-2H3;3-10H,11H2,1-2H3/q4*+1. The maximum absolute atomic E-state index is 6.35. The maximum atomic E-state index is 6.35. The van der Waals surface area contributed by atoms with Crippen LogP contribution in [-0.4, -0.2) is 0 Å². The van der Waals surface area contributed by atoms with Crippen molar-refractivity contribution < 1.29 is 37.2 Å². The van der Waals surface area contributed by atoms with Gasteiger partial charge in [0, 0.05) is 84.3 Å². The van der Waals surface area contributed by atoms with E-state index >= 15 is 0 Å². The Balaban J connectivity index is 0.0000000878. The quantitative estimate of drug-likeness (QED) is 0.112. The van der Waals surface area contributed by atoms with Gasteiger partial charge in [-0.25, -0.2) is 0 Å². The summed E-state index contributed by atoms with van der Waals surface area (Å²) < 4.78 is 34.2. The van der Waals surface area contributed by atoms with Crippen molar-refractivity contribution in [3.8, 4) is 68.0 Å². The molecule has 0 N–H and O–H groups in total. The number of ether oxygens (including phenoxy) is 4. The summed E-state index contributed by atoms with van der Waals surface area (Å²) in [4.78, 5) is 0. The zero-order valence-electron chi connectivity index (χ0n) is 57.3. The lowest BCUT2D eigenvalue weighted by Gasteiger charge is -2.22. The van der Waals surface area contributed by atoms with Gasteiger partial charge >= 0.3 is 0 Å². The van der Waals surface area contributed by atoms with E-state index in [9.17, 15) is 0 Å². The maximum Gasteiger partial charge on any atom is 0.293 e. The molecule has 24 rings (SSSR count). The third-order valence-corrected chi connectivity index (χ3v) is 23.8. The van der Waals surface area contributed by atoms with E-state index in [1.807, 2.05) is 0 Å². The monoisotopic (exact) mass is 1300 g/mol. The summed E-state index contributed by atoms with van der Waals surface area (Å²) in [5.41, 5.74) is 25.3. The number of nitrogens with zero attached hydrogens (tertiary/aromatic N) is 4. The van der Waals surface area contributed by atoms with Crippen LogP contribution in [0.4, 0.5) is 0 Å². The van der Waals surface area contributed by atoms with Crippen molar-refractivity contribution in [2.24, 2.45) is 0 Å². The van der Waals surface area contributed by atoms with Gasteiger partial charge in [0.1, 0.15) is 23.0 Å². The van der Waals surface area contributed by atoms with Crippen LogP contribution in [0.5, 0.6) is 23.0 Å². The van der Waals surface area contributed by atoms with Gasteiger partial charge in [0.2, 0.25) is 39.3 Å². The Morgan fingerprint density at radius 1 is 0.250 bits per heavy atom. The van der Waals surface area contributed by atoms with Gasteiger partial charge in [-0.15, -0.1) is 0 Å². The predicted octanol–water partition coefficient (Wildman–Crippen LogP) is 19.7. The Labute approximate surface area is 579 Å². The minimum absolute atomic E-state index is 0.0109. The largest absolute Gasteiger partial charge is 0.435 e. The highest BCUT2D eigenvalue weighted by atomic mass is 16.5. The van der Waals surface area contributed by atoms with Gasteiger partial charge in [0.05, 0.1) is 22.3 Å². The second-order valence-electron chi connectivity index (χ2n) is 30.6. The summed E-state index contributed by atoms with van der Waals surface area (Å²) in [5.74, 6) is 4.10. The van der Waals surface area contributed by atoms with Crippen molar-refractivity contribution in [3.63, 3.8) is 0 Å². The van der Waals surface area contributed by atoms with Crippen LogP contribution in [0.25, 0.3) is 132 Å². The van der Waals surface area contributed by atoms with E-state index in [2.05, 4.69) is 316 Å². The van der Waals surface area contributed by atoms with Gasteiger partial charge < -0.3 is 18.9 Å². The molecule has 100 heavy (non-hydrogen) atoms. The van der Waals surface area contributed by atoms with Crippen molar-refractivity contribution in [1.82, 2.24) is 0 Å². The molecule has 0 atom stereocenters. The minimum atomic E-state index is -0.0738. The van der Waals surface area contributed by atoms with Gasteiger partial charge in [-0.2, -0.15) is 18.3 Å². The number of hydrogen-bond acceptors (Lipinski definition) is 4. The molecule has 480 valence electrons. The zero-order chi connectivity index (χ0) is 67.0. The summed E-state index contributed by atoms with van der Waals surface area (Å²) in [6.45, 7) is 21.0. The highest BCUT2D eigenvalue weighted by Crippen LogP contribution is 2.60. The number of aromatic nitrogens is 4. The average molecular weight is 1300 g/mol. The fraction of sp³-hybridized carbons (Fsp3) is 0.174. The Bertz CT molecular complexity index is 6240. The fourth-order valence-electron chi connectivity index (χ4n) is 19.2. The third kappa shape index (κ3) is 7.65. The Kier molecular flexibility index (Phi) is 11.6. The molecule has 8 nitrogen and oxygen atoms in total. The molecule has 0 spiro atoms. The average Bonchev–Trinajstić information content (AvgIpc) is 1.55. The molecular formula is C92H72N4O4+4. The molecule has 8 heterocycles. The van der Waals surface area contributed by atoms with Gasteiger partial charge in [0.25, 0.3) is 26.9 Å². The lowest BCUT2D eigenvalue weighted by molar-refractivity contribution is -0.717. The summed E-state index contributed by atoms with van der Waals surface area (Å²) in [5, 5.41) is 16.8. The van der Waals surface area contributed by atoms with Crippen LogP contribution in [0.1, 0.15) is 99.9 Å². The minimum Gasteiger partial charge on any atom is -0.435 e. The molecule has 4 aliphatic heterocycles. The summed E-state index contributed by atoms with van der Waals surface area (Å²) in [6.07, 6.45) is 2.11. The van der Waals surface area contributed by atoms with Gasteiger partial charge in [-0.05, 0) is 143 Å². The molecule has 0 amide bonds. The molecule has 0 unspecified atom stereocenters. The first-order valence-corrected chi connectivity index (χ1v) is 35.3. The molecule has 16 aromatic rings. The van der Waals surface area contributed by atoms with Crippen LogP contribution >= 0.6 is 0 Å². The summed E-state index contributed by atoms with van der Waals surface area (Å²) in [6, 6.07) is 85.5. The normalized spacial score (nSPS) is 16.1. The Morgan fingerprint density at radius 3 is 0.970 bits per heavy atom. The SMILES string of the molecule is CC1(C)c2cc3cc4ccccc4cc3[n+]3c2-c2c(cc4ccccc4c21)OC3.CC1(C)c2cc3ccccc3[n+]3c2-c2c(cc4ccccc4c21)OC3.CC1(C)c2cc3ccccc3[n+]3c2-c2c(cc4ccccc4c21)OC3.CC1(C)c2ccc[n+]3c2-c2c(cc4ccccc4c21)OC3. The van der Waals surface area contributed by atoms with Crippen molar-refractivity contribution in [1.29, 1.82) is 0 Å². The lowest BCUT2D eigenvalue weighted by Crippen LogP contribution is -2.42. The molecule has 8 heteroatoms. The number of fused-ring (bicyclic) bond motifs is 15. The van der Waals surface area contributed by atoms with Crippen molar-refractivity contribution in [2.45, 2.75) is 104 Å². The number of hydrogen-bond donors (Lipinski definition) is 0. The van der Waals surface area contributed by atoms with E-state index in [-0.39, 0.29) is 21.7 Å². The van der Waals surface area contributed by atoms with Gasteiger partial charge in [0.15, 0.2) is 6.20 Å². The molecule has 4 aromatic heterocycles. The van der Waals surface area contributed by atoms with Crippen molar-refractivity contribution >= 4 is 86.6 Å². The smallest absolute Gasteiger partial charge is 0.293 e. The number of benzene rings is 12. The third-order valence-electron chi connectivity index (χ3n) is 23.8. The van der Waals surface area contributed by atoms with Crippen LogP contribution in [0.2, 0.25) is 0 Å². The molecule has 4 aliphatic carbocycles. The van der Waals surface area contributed by atoms with Crippen LogP contribution in [0, 0.1) is 0 Å². The topological polar surface area (TPSA) is 52.4 Å². The summed E-state index contributed by atoms with van der Waals surface area (Å²) in [7, 11) is 0. The second-order valence-corrected chi connectivity index (χ2v) is 30.6. The first-order valence-electron chi connectivity index (χ1n) is 35.3. The van der Waals surface area contributed by atoms with Crippen LogP contribution < -0.4 is 37.2 Å². The van der Waals surface area contributed by atoms with Crippen LogP contribution in [0.15, 0.2) is 243 Å². The van der Waals surface area contributed by atoms with E-state index in [0.29, 0.717) is 26.9 Å². The van der Waals surface area contributed by atoms with Gasteiger partial charge in [-0.1, -0.05) is 201 Å². The molecule has 0 saturated carbocycles. The first kappa shape index (κ1) is 57.6. The Hall–Kier alpha value is -11.5. The molecular weight excluding hydrogens is 1230 g/mol. The summed E-state index contributed by atoms with van der Waals surface area (Å²) >= 11 is 0. The number of para-hydroxylation sites is 2. The second kappa shape index (κ2) is 20.1. The Morgan fingerprint density at radius 2 is 0.560 bits per heavy atom. The van der Waals surface area contributed by atoms with Crippen LogP contribution in [0.3, 0.4) is 0 Å². The number of rotatable bonds is 0. The number of pyridine rings is 4. The van der Waals surface area contributed by atoms with Crippen molar-refractivity contribution in [2.75, 3.05) is 0 Å². The van der Waals surface area contributed by atoms with Crippen molar-refractivity contribution in [3.05, 3.63) is 287 Å². The van der Waals surface area contributed by atoms with Gasteiger partial charge in [-0.3, -0.25) is 0 Å². The van der Waals surface area contributed by atoms with E-state index in [1.165, 1.54) is 176 Å². The van der Waals surface area contributed by atoms with E-state index < -0.39 is 0 Å². The van der Waals surface area contributed by atoms with Crippen LogP contribution in [-0.2, 0) is 48.6 Å². The molecule has 0 fully saturated rings. The predicted molar refractivity (Wildman–Crippen MR) is 399 cm³/mol. The molecule has 8 aliphatic rings. The molecule has 12 aromatic carbocycles. The first-order chi connectivity index (χ1) is 48.6. The fourth-order valence-corrected chi connectivity index (χ4v) is 19.2. The molecule has 0 bridgehead atoms. The highest BCUT2D eigenvalue weighted by molar-refractivity contribution is 6.05. The highest BCUT2D eigenvalue weighted by Gasteiger charge is 2.52. The zero-order valence-corrected chi connectivity index (χ0v) is 57.3. The molecule has 0 saturated heterocycles. The van der Waals surface area contributed by atoms with E-state index in [4.69, 9.17) is 18.9 Å². The lowest BCUT2D eigenvalue weighted by atomic mass is 9.80. The molecule has 0 radical (unpaired) electrons. The van der Waals surface area contributed by atoms with E-state index in [0.717, 1.165) is 23.0 Å².